The number of halogens is 2. The number of amides is 1. The summed E-state index contributed by atoms with van der Waals surface area (Å²) >= 11 is 0. The lowest BCUT2D eigenvalue weighted by atomic mass is 10.2. The molecule has 140 valence electrons. The Morgan fingerprint density at radius 3 is 2.37 bits per heavy atom. The van der Waals surface area contributed by atoms with Crippen molar-refractivity contribution in [1.29, 1.82) is 0 Å². The number of carbonyl (C=O) groups excluding carboxylic acids is 1. The van der Waals surface area contributed by atoms with Crippen LogP contribution in [0.15, 0.2) is 70.2 Å². The summed E-state index contributed by atoms with van der Waals surface area (Å²) in [7, 11) is -3.89. The predicted octanol–water partition coefficient (Wildman–Crippen LogP) is 3.29. The fourth-order valence-electron chi connectivity index (χ4n) is 2.31. The smallest absolute Gasteiger partial charge is 0.261 e. The molecule has 0 aliphatic heterocycles. The van der Waals surface area contributed by atoms with E-state index in [1.165, 1.54) is 30.5 Å². The van der Waals surface area contributed by atoms with Crippen LogP contribution in [-0.4, -0.2) is 14.3 Å². The molecule has 9 heteroatoms. The van der Waals surface area contributed by atoms with Crippen LogP contribution >= 0.6 is 0 Å². The van der Waals surface area contributed by atoms with Gasteiger partial charge >= 0.3 is 0 Å². The first-order valence-electron chi connectivity index (χ1n) is 7.74. The van der Waals surface area contributed by atoms with Crippen molar-refractivity contribution in [2.75, 3.05) is 5.32 Å². The van der Waals surface area contributed by atoms with Gasteiger partial charge in [-0.05, 0) is 42.5 Å². The Bertz CT molecular complexity index is 1050. The van der Waals surface area contributed by atoms with Crippen molar-refractivity contribution >= 4 is 21.6 Å². The van der Waals surface area contributed by atoms with Gasteiger partial charge in [-0.3, -0.25) is 4.79 Å². The van der Waals surface area contributed by atoms with E-state index in [2.05, 4.69) is 10.0 Å². The molecular formula is C18H14F2N2O4S. The van der Waals surface area contributed by atoms with E-state index in [1.807, 2.05) is 0 Å². The summed E-state index contributed by atoms with van der Waals surface area (Å²) in [4.78, 5) is 12.0. The Kier molecular flexibility index (Phi) is 5.33. The number of anilines is 1. The summed E-state index contributed by atoms with van der Waals surface area (Å²) in [5.41, 5.74) is -0.676. The number of benzene rings is 2. The molecule has 0 aliphatic rings. The minimum absolute atomic E-state index is 0.0492. The van der Waals surface area contributed by atoms with E-state index < -0.39 is 33.1 Å². The normalized spacial score (nSPS) is 11.3. The Balaban J connectivity index is 1.78. The molecule has 2 N–H and O–H groups in total. The standard InChI is InChI=1S/C18H14F2N2O4S/c19-15-7-2-8-16(20)17(15)18(23)22-12-4-1-6-14(10-12)27(24,25)21-11-13-5-3-9-26-13/h1-10,21H,11H2,(H,22,23). The first-order chi connectivity index (χ1) is 12.9. The largest absolute Gasteiger partial charge is 0.468 e. The summed E-state index contributed by atoms with van der Waals surface area (Å²) < 4.78 is 59.5. The van der Waals surface area contributed by atoms with E-state index in [4.69, 9.17) is 4.42 Å². The number of furan rings is 1. The third-order valence-corrected chi connectivity index (χ3v) is 5.01. The molecular weight excluding hydrogens is 378 g/mol. The van der Waals surface area contributed by atoms with Crippen LogP contribution in [0.2, 0.25) is 0 Å². The maximum Gasteiger partial charge on any atom is 0.261 e. The first kappa shape index (κ1) is 18.7. The van der Waals surface area contributed by atoms with E-state index in [0.29, 0.717) is 5.76 Å². The van der Waals surface area contributed by atoms with Crippen molar-refractivity contribution in [3.05, 3.63) is 83.8 Å². The van der Waals surface area contributed by atoms with Crippen molar-refractivity contribution in [2.45, 2.75) is 11.4 Å². The quantitative estimate of drug-likeness (QED) is 0.674. The van der Waals surface area contributed by atoms with Gasteiger partial charge in [-0.25, -0.2) is 21.9 Å². The molecule has 6 nitrogen and oxygen atoms in total. The summed E-state index contributed by atoms with van der Waals surface area (Å²) in [5.74, 6) is -2.63. The van der Waals surface area contributed by atoms with E-state index in [0.717, 1.165) is 18.2 Å². The highest BCUT2D eigenvalue weighted by Crippen LogP contribution is 2.19. The lowest BCUT2D eigenvalue weighted by Crippen LogP contribution is -2.23. The number of carbonyl (C=O) groups is 1. The number of hydrogen-bond acceptors (Lipinski definition) is 4. The highest BCUT2D eigenvalue weighted by Gasteiger charge is 2.19. The minimum atomic E-state index is -3.89. The number of rotatable bonds is 6. The minimum Gasteiger partial charge on any atom is -0.468 e. The van der Waals surface area contributed by atoms with Crippen LogP contribution < -0.4 is 10.0 Å². The van der Waals surface area contributed by atoms with Crippen molar-refractivity contribution in [2.24, 2.45) is 0 Å². The summed E-state index contributed by atoms with van der Waals surface area (Å²) in [6.45, 7) is -0.0492. The van der Waals surface area contributed by atoms with Gasteiger partial charge in [0.1, 0.15) is 23.0 Å². The molecule has 0 radical (unpaired) electrons. The van der Waals surface area contributed by atoms with E-state index >= 15 is 0 Å². The molecule has 0 bridgehead atoms. The molecule has 1 aromatic heterocycles. The number of nitrogens with one attached hydrogen (secondary N) is 2. The van der Waals surface area contributed by atoms with Crippen LogP contribution in [-0.2, 0) is 16.6 Å². The zero-order valence-corrected chi connectivity index (χ0v) is 14.6. The van der Waals surface area contributed by atoms with Crippen LogP contribution in [0.5, 0.6) is 0 Å². The predicted molar refractivity (Wildman–Crippen MR) is 93.5 cm³/mol. The molecule has 27 heavy (non-hydrogen) atoms. The van der Waals surface area contributed by atoms with Crippen molar-refractivity contribution < 1.29 is 26.4 Å². The van der Waals surface area contributed by atoms with Gasteiger partial charge in [0.05, 0.1) is 17.7 Å². The van der Waals surface area contributed by atoms with Gasteiger partial charge < -0.3 is 9.73 Å². The van der Waals surface area contributed by atoms with Crippen LogP contribution in [0.3, 0.4) is 0 Å². The Labute approximate surface area is 153 Å². The molecule has 0 aliphatic carbocycles. The maximum atomic E-state index is 13.7. The zero-order valence-electron chi connectivity index (χ0n) is 13.8. The molecule has 0 saturated carbocycles. The highest BCUT2D eigenvalue weighted by molar-refractivity contribution is 7.89. The second-order valence-electron chi connectivity index (χ2n) is 5.48. The van der Waals surface area contributed by atoms with Crippen molar-refractivity contribution in [3.8, 4) is 0 Å². The lowest BCUT2D eigenvalue weighted by molar-refractivity contribution is 0.101. The molecule has 1 heterocycles. The lowest BCUT2D eigenvalue weighted by Gasteiger charge is -2.10. The Morgan fingerprint density at radius 2 is 1.70 bits per heavy atom. The van der Waals surface area contributed by atoms with E-state index in [1.54, 1.807) is 12.1 Å². The van der Waals surface area contributed by atoms with Gasteiger partial charge in [0.2, 0.25) is 10.0 Å². The molecule has 2 aromatic carbocycles. The van der Waals surface area contributed by atoms with Crippen molar-refractivity contribution in [1.82, 2.24) is 4.72 Å². The zero-order chi connectivity index (χ0) is 19.4. The second-order valence-corrected chi connectivity index (χ2v) is 7.25. The van der Waals surface area contributed by atoms with Crippen LogP contribution in [0.25, 0.3) is 0 Å². The van der Waals surface area contributed by atoms with Gasteiger partial charge in [0.25, 0.3) is 5.91 Å². The average Bonchev–Trinajstić information content (AvgIpc) is 3.14. The average molecular weight is 392 g/mol. The molecule has 3 rings (SSSR count). The maximum absolute atomic E-state index is 13.7. The summed E-state index contributed by atoms with van der Waals surface area (Å²) in [6.07, 6.45) is 1.42. The van der Waals surface area contributed by atoms with Crippen molar-refractivity contribution in [3.63, 3.8) is 0 Å². The van der Waals surface area contributed by atoms with E-state index in [9.17, 15) is 22.0 Å². The van der Waals surface area contributed by atoms with Crippen LogP contribution in [0, 0.1) is 11.6 Å². The molecule has 0 saturated heterocycles. The second kappa shape index (κ2) is 7.68. The topological polar surface area (TPSA) is 88.4 Å². The molecule has 0 atom stereocenters. The number of sulfonamides is 1. The van der Waals surface area contributed by atoms with Gasteiger partial charge in [-0.1, -0.05) is 12.1 Å². The SMILES string of the molecule is O=C(Nc1cccc(S(=O)(=O)NCc2ccco2)c1)c1c(F)cccc1F. The Morgan fingerprint density at radius 1 is 1.00 bits per heavy atom. The van der Waals surface area contributed by atoms with Gasteiger partial charge in [0.15, 0.2) is 0 Å². The molecule has 1 amide bonds. The van der Waals surface area contributed by atoms with Crippen LogP contribution in [0.1, 0.15) is 16.1 Å². The third-order valence-electron chi connectivity index (χ3n) is 3.61. The molecule has 3 aromatic rings. The van der Waals surface area contributed by atoms with E-state index in [-0.39, 0.29) is 17.1 Å². The summed E-state index contributed by atoms with van der Waals surface area (Å²) in [5, 5.41) is 2.29. The molecule has 0 unspecified atom stereocenters. The summed E-state index contributed by atoms with van der Waals surface area (Å²) in [6, 6.07) is 11.6. The van der Waals surface area contributed by atoms with Crippen LogP contribution in [0.4, 0.5) is 14.5 Å². The van der Waals surface area contributed by atoms with Gasteiger partial charge in [-0.2, -0.15) is 0 Å². The third kappa shape index (κ3) is 4.39. The molecule has 0 spiro atoms. The monoisotopic (exact) mass is 392 g/mol. The fraction of sp³-hybridized carbons (Fsp3) is 0.0556. The van der Waals surface area contributed by atoms with Gasteiger partial charge in [0, 0.05) is 5.69 Å². The van der Waals surface area contributed by atoms with Gasteiger partial charge in [-0.15, -0.1) is 0 Å². The number of hydrogen-bond donors (Lipinski definition) is 2. The fourth-order valence-corrected chi connectivity index (χ4v) is 3.35. The highest BCUT2D eigenvalue weighted by atomic mass is 32.2. The molecule has 0 fully saturated rings. The Hall–Kier alpha value is -3.04. The first-order valence-corrected chi connectivity index (χ1v) is 9.22.